The highest BCUT2D eigenvalue weighted by molar-refractivity contribution is 5.46. The summed E-state index contributed by atoms with van der Waals surface area (Å²) in [6.07, 6.45) is 4.00. The first-order valence-electron chi connectivity index (χ1n) is 8.52. The molecule has 26 heavy (non-hydrogen) atoms. The molecule has 0 aliphatic heterocycles. The van der Waals surface area contributed by atoms with Gasteiger partial charge in [0.15, 0.2) is 11.8 Å². The van der Waals surface area contributed by atoms with E-state index < -0.39 is 5.82 Å². The smallest absolute Gasteiger partial charge is 0.267 e. The van der Waals surface area contributed by atoms with E-state index in [2.05, 4.69) is 10.2 Å². The number of hydrogen-bond donors (Lipinski definition) is 3. The van der Waals surface area contributed by atoms with E-state index >= 15 is 0 Å². The Balaban J connectivity index is 1.75. The van der Waals surface area contributed by atoms with E-state index in [1.807, 2.05) is 0 Å². The lowest BCUT2D eigenvalue weighted by molar-refractivity contribution is 0.399. The maximum absolute atomic E-state index is 14.3. The van der Waals surface area contributed by atoms with Crippen LogP contribution in [0.2, 0.25) is 0 Å². The number of nitrogens with zero attached hydrogens (tertiary/aromatic N) is 2. The average Bonchev–Trinajstić information content (AvgIpc) is 2.98. The Kier molecular flexibility index (Phi) is 3.99. The molecular formula is C19H18FN3O3. The topological polar surface area (TPSA) is 91.1 Å². The normalized spacial score (nSPS) is 13.6. The van der Waals surface area contributed by atoms with Crippen molar-refractivity contribution in [2.24, 2.45) is 0 Å². The van der Waals surface area contributed by atoms with E-state index in [9.17, 15) is 19.4 Å². The van der Waals surface area contributed by atoms with E-state index in [4.69, 9.17) is 0 Å². The van der Waals surface area contributed by atoms with Gasteiger partial charge in [-0.3, -0.25) is 4.79 Å². The quantitative estimate of drug-likeness (QED) is 0.673. The van der Waals surface area contributed by atoms with Gasteiger partial charge in [0.1, 0.15) is 5.82 Å². The van der Waals surface area contributed by atoms with Crippen LogP contribution in [-0.4, -0.2) is 25.0 Å². The Morgan fingerprint density at radius 2 is 1.77 bits per heavy atom. The van der Waals surface area contributed by atoms with Crippen molar-refractivity contribution >= 4 is 0 Å². The van der Waals surface area contributed by atoms with Crippen molar-refractivity contribution in [3.63, 3.8) is 0 Å². The summed E-state index contributed by atoms with van der Waals surface area (Å²) in [5, 5.41) is 26.5. The summed E-state index contributed by atoms with van der Waals surface area (Å²) in [7, 11) is 0. The Bertz CT molecular complexity index is 1020. The number of aromatic hydroxyl groups is 2. The number of halogens is 1. The molecule has 0 spiro atoms. The molecule has 0 fully saturated rings. The van der Waals surface area contributed by atoms with Crippen molar-refractivity contribution in [2.45, 2.75) is 32.1 Å². The fraction of sp³-hybridized carbons (Fsp3) is 0.263. The van der Waals surface area contributed by atoms with E-state index in [0.29, 0.717) is 6.42 Å². The van der Waals surface area contributed by atoms with Crippen molar-refractivity contribution in [3.8, 4) is 17.4 Å². The van der Waals surface area contributed by atoms with Gasteiger partial charge in [0.2, 0.25) is 0 Å². The number of fused-ring (bicyclic) bond motifs is 1. The average molecular weight is 355 g/mol. The second-order valence-corrected chi connectivity index (χ2v) is 6.51. The number of aromatic nitrogens is 3. The van der Waals surface area contributed by atoms with E-state index in [1.54, 1.807) is 12.1 Å². The van der Waals surface area contributed by atoms with Crippen LogP contribution in [0.5, 0.6) is 11.8 Å². The summed E-state index contributed by atoms with van der Waals surface area (Å²) in [5.41, 5.74) is 3.24. The van der Waals surface area contributed by atoms with Gasteiger partial charge < -0.3 is 10.2 Å². The number of hydrogen-bond acceptors (Lipinski definition) is 4. The molecule has 0 bridgehead atoms. The molecule has 1 aliphatic carbocycles. The highest BCUT2D eigenvalue weighted by atomic mass is 19.1. The van der Waals surface area contributed by atoms with Gasteiger partial charge in [-0.1, -0.05) is 6.07 Å². The van der Waals surface area contributed by atoms with Gasteiger partial charge in [-0.05, 0) is 48.9 Å². The number of aromatic amines is 1. The molecule has 2 heterocycles. The third-order valence-electron chi connectivity index (χ3n) is 4.85. The van der Waals surface area contributed by atoms with Gasteiger partial charge in [0.05, 0.1) is 11.4 Å². The van der Waals surface area contributed by atoms with Crippen LogP contribution in [0.25, 0.3) is 5.69 Å². The maximum atomic E-state index is 14.3. The minimum absolute atomic E-state index is 0.0563. The molecule has 0 unspecified atom stereocenters. The van der Waals surface area contributed by atoms with E-state index in [0.717, 1.165) is 52.6 Å². The number of nitrogens with one attached hydrogen (secondary N) is 1. The second-order valence-electron chi connectivity index (χ2n) is 6.51. The molecule has 0 atom stereocenters. The van der Waals surface area contributed by atoms with Crippen molar-refractivity contribution in [2.75, 3.05) is 0 Å². The molecule has 3 N–H and O–H groups in total. The number of benzene rings is 1. The van der Waals surface area contributed by atoms with E-state index in [-0.39, 0.29) is 23.0 Å². The monoisotopic (exact) mass is 355 g/mol. The van der Waals surface area contributed by atoms with Crippen molar-refractivity contribution in [3.05, 3.63) is 68.9 Å². The van der Waals surface area contributed by atoms with Crippen LogP contribution in [-0.2, 0) is 19.3 Å². The zero-order valence-corrected chi connectivity index (χ0v) is 14.0. The van der Waals surface area contributed by atoms with Crippen LogP contribution < -0.4 is 5.56 Å². The Morgan fingerprint density at radius 3 is 2.50 bits per heavy atom. The fourth-order valence-corrected chi connectivity index (χ4v) is 3.57. The minimum Gasteiger partial charge on any atom is -0.494 e. The zero-order valence-electron chi connectivity index (χ0n) is 14.0. The molecular weight excluding hydrogens is 337 g/mol. The van der Waals surface area contributed by atoms with Crippen molar-refractivity contribution in [1.29, 1.82) is 0 Å². The Hall–Kier alpha value is -3.09. The minimum atomic E-state index is -0.563. The zero-order chi connectivity index (χ0) is 18.3. The van der Waals surface area contributed by atoms with Gasteiger partial charge in [0, 0.05) is 24.1 Å². The van der Waals surface area contributed by atoms with E-state index in [1.165, 1.54) is 18.2 Å². The predicted octanol–water partition coefficient (Wildman–Crippen LogP) is 2.58. The van der Waals surface area contributed by atoms with Crippen LogP contribution in [0.4, 0.5) is 4.39 Å². The molecule has 134 valence electrons. The SMILES string of the molecule is O=c1[nH]nc(Cc2ccc(F)c(-n3c(O)ccc3O)c2)c2c1CCCC2. The summed E-state index contributed by atoms with van der Waals surface area (Å²) in [6.45, 7) is 0. The lowest BCUT2D eigenvalue weighted by atomic mass is 9.90. The van der Waals surface area contributed by atoms with Gasteiger partial charge in [-0.2, -0.15) is 5.10 Å². The summed E-state index contributed by atoms with van der Waals surface area (Å²) in [4.78, 5) is 12.0. The fourth-order valence-electron chi connectivity index (χ4n) is 3.57. The molecule has 4 rings (SSSR count). The Labute approximate surface area is 148 Å². The molecule has 0 saturated heterocycles. The first kappa shape index (κ1) is 16.4. The third kappa shape index (κ3) is 2.75. The summed E-state index contributed by atoms with van der Waals surface area (Å²) in [6, 6.07) is 7.08. The van der Waals surface area contributed by atoms with Crippen LogP contribution in [0.15, 0.2) is 35.1 Å². The lowest BCUT2D eigenvalue weighted by Crippen LogP contribution is -2.23. The van der Waals surface area contributed by atoms with Crippen LogP contribution >= 0.6 is 0 Å². The molecule has 7 heteroatoms. The number of rotatable bonds is 3. The van der Waals surface area contributed by atoms with Crippen molar-refractivity contribution in [1.82, 2.24) is 14.8 Å². The molecule has 0 amide bonds. The first-order valence-corrected chi connectivity index (χ1v) is 8.52. The lowest BCUT2D eigenvalue weighted by Gasteiger charge is -2.17. The summed E-state index contributed by atoms with van der Waals surface area (Å²) >= 11 is 0. The van der Waals surface area contributed by atoms with Gasteiger partial charge in [-0.15, -0.1) is 0 Å². The highest BCUT2D eigenvalue weighted by Crippen LogP contribution is 2.29. The summed E-state index contributed by atoms with van der Waals surface area (Å²) in [5.74, 6) is -1.07. The first-order chi connectivity index (χ1) is 12.5. The standard InChI is InChI=1S/C19H18FN3O3/c20-14-6-5-11(10-16(14)23-17(24)7-8-18(23)25)9-15-12-3-1-2-4-13(12)19(26)22-21-15/h5-8,10,24-25H,1-4,9H2,(H,22,26). The summed E-state index contributed by atoms with van der Waals surface area (Å²) < 4.78 is 15.3. The number of H-pyrrole nitrogens is 1. The molecule has 2 aromatic heterocycles. The van der Waals surface area contributed by atoms with Crippen LogP contribution in [0.1, 0.15) is 35.2 Å². The molecule has 1 aliphatic rings. The third-order valence-corrected chi connectivity index (χ3v) is 4.85. The maximum Gasteiger partial charge on any atom is 0.267 e. The molecule has 1 aromatic carbocycles. The predicted molar refractivity (Wildman–Crippen MR) is 93.4 cm³/mol. The van der Waals surface area contributed by atoms with Gasteiger partial charge >= 0.3 is 0 Å². The molecule has 6 nitrogen and oxygen atoms in total. The molecule has 0 saturated carbocycles. The van der Waals surface area contributed by atoms with Crippen LogP contribution in [0.3, 0.4) is 0 Å². The highest BCUT2D eigenvalue weighted by Gasteiger charge is 2.19. The van der Waals surface area contributed by atoms with Crippen molar-refractivity contribution < 1.29 is 14.6 Å². The van der Waals surface area contributed by atoms with Gasteiger partial charge in [0.25, 0.3) is 5.56 Å². The molecule has 3 aromatic rings. The second kappa shape index (κ2) is 6.33. The Morgan fingerprint density at radius 1 is 1.08 bits per heavy atom. The molecule has 0 radical (unpaired) electrons. The van der Waals surface area contributed by atoms with Gasteiger partial charge in [-0.25, -0.2) is 14.1 Å². The largest absolute Gasteiger partial charge is 0.494 e. The van der Waals surface area contributed by atoms with Crippen LogP contribution in [0, 0.1) is 5.82 Å².